The van der Waals surface area contributed by atoms with Gasteiger partial charge in [0, 0.05) is 44.0 Å². The van der Waals surface area contributed by atoms with Crippen molar-refractivity contribution in [3.63, 3.8) is 0 Å². The molecule has 0 radical (unpaired) electrons. The third-order valence-electron chi connectivity index (χ3n) is 5.33. The molecule has 1 aliphatic heterocycles. The first-order valence-electron chi connectivity index (χ1n) is 10.1. The molecule has 0 unspecified atom stereocenters. The van der Waals surface area contributed by atoms with Crippen molar-refractivity contribution in [2.45, 2.75) is 19.3 Å². The van der Waals surface area contributed by atoms with Crippen LogP contribution >= 0.6 is 11.3 Å². The highest BCUT2D eigenvalue weighted by Crippen LogP contribution is 2.34. The van der Waals surface area contributed by atoms with E-state index in [1.807, 2.05) is 47.4 Å². The van der Waals surface area contributed by atoms with Crippen LogP contribution in [-0.2, 0) is 4.79 Å². The molecule has 0 spiro atoms. The molecule has 7 nitrogen and oxygen atoms in total. The number of para-hydroxylation sites is 1. The fraction of sp³-hybridized carbons (Fsp3) is 0.217. The van der Waals surface area contributed by atoms with Crippen molar-refractivity contribution in [1.29, 1.82) is 0 Å². The molecule has 156 valence electrons. The lowest BCUT2D eigenvalue weighted by Gasteiger charge is -2.15. The number of ether oxygens (including phenoxy) is 1. The first-order valence-corrected chi connectivity index (χ1v) is 10.9. The number of benzene rings is 2. The number of thiazole rings is 1. The number of nitrogens with zero attached hydrogens (tertiary/aromatic N) is 4. The number of fused-ring (bicyclic) bond motifs is 1. The molecule has 8 heteroatoms. The molecule has 3 heterocycles. The summed E-state index contributed by atoms with van der Waals surface area (Å²) in [5.74, 6) is 1.39. The molecule has 0 aliphatic carbocycles. The van der Waals surface area contributed by atoms with Crippen LogP contribution in [0.5, 0.6) is 11.6 Å². The second kappa shape index (κ2) is 8.31. The van der Waals surface area contributed by atoms with Gasteiger partial charge in [0.2, 0.25) is 11.8 Å². The second-order valence-electron chi connectivity index (χ2n) is 7.44. The molecular formula is C23H21N5O2S. The number of amides is 1. The Morgan fingerprint density at radius 1 is 1.13 bits per heavy atom. The van der Waals surface area contributed by atoms with Crippen molar-refractivity contribution in [2.75, 3.05) is 18.4 Å². The predicted molar refractivity (Wildman–Crippen MR) is 121 cm³/mol. The SMILES string of the molecule is CC(=O)N1CC[C@H](c2nccnc2Oc2ccc(Nc3nc4ccccc4s3)cc2)C1. The number of carbonyl (C=O) groups is 1. The molecule has 1 aliphatic rings. The monoisotopic (exact) mass is 431 g/mol. The summed E-state index contributed by atoms with van der Waals surface area (Å²) in [6, 6.07) is 15.8. The van der Waals surface area contributed by atoms with Gasteiger partial charge in [0.1, 0.15) is 11.4 Å². The maximum absolute atomic E-state index is 11.7. The van der Waals surface area contributed by atoms with E-state index in [4.69, 9.17) is 4.74 Å². The third kappa shape index (κ3) is 4.20. The van der Waals surface area contributed by atoms with E-state index < -0.39 is 0 Å². The third-order valence-corrected chi connectivity index (χ3v) is 6.28. The summed E-state index contributed by atoms with van der Waals surface area (Å²) in [5.41, 5.74) is 2.71. The molecule has 0 saturated carbocycles. The quantitative estimate of drug-likeness (QED) is 0.481. The van der Waals surface area contributed by atoms with E-state index in [0.29, 0.717) is 18.2 Å². The maximum Gasteiger partial charge on any atom is 0.241 e. The minimum atomic E-state index is 0.0880. The van der Waals surface area contributed by atoms with Gasteiger partial charge in [-0.05, 0) is 42.8 Å². The molecule has 1 fully saturated rings. The number of carbonyl (C=O) groups excluding carboxylic acids is 1. The summed E-state index contributed by atoms with van der Waals surface area (Å²) in [5, 5.41) is 4.19. The molecule has 1 amide bonds. The average Bonchev–Trinajstić information content (AvgIpc) is 3.42. The molecule has 31 heavy (non-hydrogen) atoms. The van der Waals surface area contributed by atoms with Crippen molar-refractivity contribution in [2.24, 2.45) is 0 Å². The summed E-state index contributed by atoms with van der Waals surface area (Å²) in [6.07, 6.45) is 4.16. The smallest absolute Gasteiger partial charge is 0.241 e. The van der Waals surface area contributed by atoms with Crippen LogP contribution in [0, 0.1) is 0 Å². The van der Waals surface area contributed by atoms with E-state index in [9.17, 15) is 4.79 Å². The lowest BCUT2D eigenvalue weighted by Crippen LogP contribution is -2.25. The lowest BCUT2D eigenvalue weighted by molar-refractivity contribution is -0.127. The number of likely N-dealkylation sites (tertiary alicyclic amines) is 1. The van der Waals surface area contributed by atoms with E-state index in [0.717, 1.165) is 39.7 Å². The molecule has 2 aromatic carbocycles. The van der Waals surface area contributed by atoms with Gasteiger partial charge in [-0.2, -0.15) is 0 Å². The van der Waals surface area contributed by atoms with E-state index >= 15 is 0 Å². The Balaban J connectivity index is 1.29. The maximum atomic E-state index is 11.7. The van der Waals surface area contributed by atoms with Crippen molar-refractivity contribution in [3.8, 4) is 11.6 Å². The van der Waals surface area contributed by atoms with Gasteiger partial charge in [0.15, 0.2) is 5.13 Å². The van der Waals surface area contributed by atoms with Crippen LogP contribution < -0.4 is 10.1 Å². The highest BCUT2D eigenvalue weighted by atomic mass is 32.1. The fourth-order valence-corrected chi connectivity index (χ4v) is 4.62. The summed E-state index contributed by atoms with van der Waals surface area (Å²) < 4.78 is 7.20. The van der Waals surface area contributed by atoms with Crippen molar-refractivity contribution in [3.05, 3.63) is 66.6 Å². The van der Waals surface area contributed by atoms with Gasteiger partial charge in [0.05, 0.1) is 10.2 Å². The van der Waals surface area contributed by atoms with Crippen LogP contribution in [-0.4, -0.2) is 38.8 Å². The van der Waals surface area contributed by atoms with Crippen molar-refractivity contribution < 1.29 is 9.53 Å². The Morgan fingerprint density at radius 2 is 1.94 bits per heavy atom. The second-order valence-corrected chi connectivity index (χ2v) is 8.47. The van der Waals surface area contributed by atoms with Gasteiger partial charge in [0.25, 0.3) is 0 Å². The predicted octanol–water partition coefficient (Wildman–Crippen LogP) is 4.96. The van der Waals surface area contributed by atoms with Crippen LogP contribution in [0.4, 0.5) is 10.8 Å². The Kier molecular flexibility index (Phi) is 5.21. The molecule has 1 N–H and O–H groups in total. The molecule has 1 atom stereocenters. The number of nitrogens with one attached hydrogen (secondary N) is 1. The summed E-state index contributed by atoms with van der Waals surface area (Å²) >= 11 is 1.62. The van der Waals surface area contributed by atoms with Crippen LogP contribution in [0.25, 0.3) is 10.2 Å². The molecule has 5 rings (SSSR count). The van der Waals surface area contributed by atoms with E-state index in [-0.39, 0.29) is 11.8 Å². The number of anilines is 2. The van der Waals surface area contributed by atoms with E-state index in [2.05, 4.69) is 26.3 Å². The fourth-order valence-electron chi connectivity index (χ4n) is 3.73. The van der Waals surface area contributed by atoms with Gasteiger partial charge in [-0.3, -0.25) is 9.78 Å². The molecule has 1 saturated heterocycles. The van der Waals surface area contributed by atoms with Gasteiger partial charge in [-0.25, -0.2) is 9.97 Å². The summed E-state index contributed by atoms with van der Waals surface area (Å²) in [7, 11) is 0. The lowest BCUT2D eigenvalue weighted by atomic mass is 10.1. The van der Waals surface area contributed by atoms with Gasteiger partial charge in [-0.15, -0.1) is 0 Å². The average molecular weight is 432 g/mol. The first-order chi connectivity index (χ1) is 15.2. The highest BCUT2D eigenvalue weighted by Gasteiger charge is 2.29. The minimum Gasteiger partial charge on any atom is -0.437 e. The van der Waals surface area contributed by atoms with Gasteiger partial charge < -0.3 is 15.0 Å². The molecule has 4 aromatic rings. The summed E-state index contributed by atoms with van der Waals surface area (Å²) in [6.45, 7) is 2.98. The zero-order chi connectivity index (χ0) is 21.2. The van der Waals surface area contributed by atoms with Crippen molar-refractivity contribution in [1.82, 2.24) is 19.9 Å². The van der Waals surface area contributed by atoms with Crippen LogP contribution in [0.15, 0.2) is 60.9 Å². The van der Waals surface area contributed by atoms with Crippen LogP contribution in [0.3, 0.4) is 0 Å². The van der Waals surface area contributed by atoms with Gasteiger partial charge >= 0.3 is 0 Å². The number of rotatable bonds is 5. The summed E-state index contributed by atoms with van der Waals surface area (Å²) in [4.78, 5) is 27.0. The standard InChI is InChI=1S/C23H21N5O2S/c1-15(29)28-13-10-16(14-28)21-22(25-12-11-24-21)30-18-8-6-17(7-9-18)26-23-27-19-4-2-3-5-20(19)31-23/h2-9,11-12,16H,10,13-14H2,1H3,(H,26,27)/t16-/m0/s1. The Bertz CT molecular complexity index is 1190. The first kappa shape index (κ1) is 19.4. The zero-order valence-corrected chi connectivity index (χ0v) is 17.8. The largest absolute Gasteiger partial charge is 0.437 e. The zero-order valence-electron chi connectivity index (χ0n) is 17.0. The number of hydrogen-bond donors (Lipinski definition) is 1. The van der Waals surface area contributed by atoms with Crippen LogP contribution in [0.1, 0.15) is 25.0 Å². The normalized spacial score (nSPS) is 15.9. The van der Waals surface area contributed by atoms with Gasteiger partial charge in [-0.1, -0.05) is 23.5 Å². The van der Waals surface area contributed by atoms with Crippen LogP contribution in [0.2, 0.25) is 0 Å². The molecule has 2 aromatic heterocycles. The Morgan fingerprint density at radius 3 is 2.71 bits per heavy atom. The topological polar surface area (TPSA) is 80.2 Å². The van der Waals surface area contributed by atoms with E-state index in [1.165, 1.54) is 0 Å². The number of hydrogen-bond acceptors (Lipinski definition) is 7. The molecule has 0 bridgehead atoms. The minimum absolute atomic E-state index is 0.0880. The number of aromatic nitrogens is 3. The van der Waals surface area contributed by atoms with E-state index in [1.54, 1.807) is 30.7 Å². The molecular weight excluding hydrogens is 410 g/mol. The Labute approximate surface area is 183 Å². The Hall–Kier alpha value is -3.52. The highest BCUT2D eigenvalue weighted by molar-refractivity contribution is 7.22. The van der Waals surface area contributed by atoms with Crippen molar-refractivity contribution >= 4 is 38.3 Å².